The molecule has 4 nitrogen and oxygen atoms in total. The standard InChI is InChI=1S/C15H28N4/c1-5-9-16-10-14-12(2)17-19(4)15(14)18(3)11-13-7-6-8-13/h13,16H,5-11H2,1-4H3. The van der Waals surface area contributed by atoms with Gasteiger partial charge < -0.3 is 10.2 Å². The van der Waals surface area contributed by atoms with Crippen LogP contribution >= 0.6 is 0 Å². The molecule has 0 bridgehead atoms. The first kappa shape index (κ1) is 14.4. The Hall–Kier alpha value is -1.03. The van der Waals surface area contributed by atoms with Crippen LogP contribution in [0.15, 0.2) is 0 Å². The van der Waals surface area contributed by atoms with Crippen LogP contribution in [0.1, 0.15) is 43.9 Å². The number of nitrogens with one attached hydrogen (secondary N) is 1. The molecule has 0 unspecified atom stereocenters. The van der Waals surface area contributed by atoms with Crippen LogP contribution in [0.4, 0.5) is 5.82 Å². The molecule has 1 N–H and O–H groups in total. The minimum atomic E-state index is 0.886. The molecule has 0 radical (unpaired) electrons. The Morgan fingerprint density at radius 3 is 2.74 bits per heavy atom. The summed E-state index contributed by atoms with van der Waals surface area (Å²) in [6, 6.07) is 0. The Balaban J connectivity index is 2.07. The van der Waals surface area contributed by atoms with Crippen molar-refractivity contribution in [1.82, 2.24) is 15.1 Å². The summed E-state index contributed by atoms with van der Waals surface area (Å²) in [7, 11) is 4.26. The molecule has 1 aliphatic rings. The zero-order valence-corrected chi connectivity index (χ0v) is 12.9. The number of hydrogen-bond donors (Lipinski definition) is 1. The molecule has 1 aromatic rings. The summed E-state index contributed by atoms with van der Waals surface area (Å²) >= 11 is 0. The van der Waals surface area contributed by atoms with Crippen LogP contribution < -0.4 is 10.2 Å². The molecule has 2 rings (SSSR count). The van der Waals surface area contributed by atoms with Crippen LogP contribution in [0.25, 0.3) is 0 Å². The molecule has 1 saturated carbocycles. The monoisotopic (exact) mass is 264 g/mol. The molecule has 0 amide bonds. The van der Waals surface area contributed by atoms with Crippen molar-refractivity contribution < 1.29 is 0 Å². The van der Waals surface area contributed by atoms with E-state index in [9.17, 15) is 0 Å². The fraction of sp³-hybridized carbons (Fsp3) is 0.800. The molecule has 1 aliphatic carbocycles. The lowest BCUT2D eigenvalue weighted by molar-refractivity contribution is 0.320. The maximum absolute atomic E-state index is 4.60. The second-order valence-electron chi connectivity index (χ2n) is 5.87. The van der Waals surface area contributed by atoms with Crippen molar-refractivity contribution in [2.45, 2.75) is 46.1 Å². The smallest absolute Gasteiger partial charge is 0.131 e. The Bertz CT molecular complexity index is 407. The first-order valence-corrected chi connectivity index (χ1v) is 7.57. The maximum Gasteiger partial charge on any atom is 0.131 e. The number of hydrogen-bond acceptors (Lipinski definition) is 3. The van der Waals surface area contributed by atoms with E-state index in [1.54, 1.807) is 0 Å². The third-order valence-electron chi connectivity index (χ3n) is 4.16. The lowest BCUT2D eigenvalue weighted by Crippen LogP contribution is -2.31. The van der Waals surface area contributed by atoms with E-state index in [0.29, 0.717) is 0 Å². The van der Waals surface area contributed by atoms with Gasteiger partial charge in [0.05, 0.1) is 5.69 Å². The molecule has 19 heavy (non-hydrogen) atoms. The van der Waals surface area contributed by atoms with Gasteiger partial charge in [-0.2, -0.15) is 5.10 Å². The average Bonchev–Trinajstić information content (AvgIpc) is 2.59. The van der Waals surface area contributed by atoms with Gasteiger partial charge in [-0.3, -0.25) is 4.68 Å². The second-order valence-corrected chi connectivity index (χ2v) is 5.87. The highest BCUT2D eigenvalue weighted by Crippen LogP contribution is 2.30. The van der Waals surface area contributed by atoms with Gasteiger partial charge in [-0.25, -0.2) is 0 Å². The summed E-state index contributed by atoms with van der Waals surface area (Å²) in [6.45, 7) is 7.48. The number of rotatable bonds is 7. The van der Waals surface area contributed by atoms with Gasteiger partial charge in [-0.1, -0.05) is 13.3 Å². The molecule has 0 saturated heterocycles. The molecule has 1 fully saturated rings. The van der Waals surface area contributed by atoms with E-state index in [1.165, 1.54) is 43.6 Å². The van der Waals surface area contributed by atoms with Crippen molar-refractivity contribution in [3.8, 4) is 0 Å². The summed E-state index contributed by atoms with van der Waals surface area (Å²) in [5, 5.41) is 8.10. The third-order valence-corrected chi connectivity index (χ3v) is 4.16. The number of aryl methyl sites for hydroxylation is 2. The fourth-order valence-electron chi connectivity index (χ4n) is 2.91. The van der Waals surface area contributed by atoms with E-state index in [0.717, 1.165) is 24.7 Å². The highest BCUT2D eigenvalue weighted by molar-refractivity contribution is 5.49. The van der Waals surface area contributed by atoms with E-state index in [2.05, 4.69) is 43.3 Å². The number of anilines is 1. The summed E-state index contributed by atoms with van der Waals surface area (Å²) in [5.41, 5.74) is 2.51. The van der Waals surface area contributed by atoms with E-state index >= 15 is 0 Å². The van der Waals surface area contributed by atoms with E-state index in [1.807, 2.05) is 4.68 Å². The lowest BCUT2D eigenvalue weighted by atomic mass is 9.85. The van der Waals surface area contributed by atoms with Crippen LogP contribution in [-0.4, -0.2) is 29.9 Å². The molecule has 0 aliphatic heterocycles. The summed E-state index contributed by atoms with van der Waals surface area (Å²) in [5.74, 6) is 2.17. The SMILES string of the molecule is CCCNCc1c(C)nn(C)c1N(C)CC1CCC1. The predicted molar refractivity (Wildman–Crippen MR) is 80.6 cm³/mol. The molecule has 1 aromatic heterocycles. The Labute approximate surface area is 117 Å². The van der Waals surface area contributed by atoms with E-state index < -0.39 is 0 Å². The normalized spacial score (nSPS) is 15.6. The van der Waals surface area contributed by atoms with Crippen LogP contribution in [0.5, 0.6) is 0 Å². The molecule has 0 spiro atoms. The first-order chi connectivity index (χ1) is 9.13. The van der Waals surface area contributed by atoms with Crippen LogP contribution in [-0.2, 0) is 13.6 Å². The summed E-state index contributed by atoms with van der Waals surface area (Å²) in [6.07, 6.45) is 5.37. The largest absolute Gasteiger partial charge is 0.359 e. The highest BCUT2D eigenvalue weighted by Gasteiger charge is 2.23. The van der Waals surface area contributed by atoms with E-state index in [4.69, 9.17) is 0 Å². The van der Waals surface area contributed by atoms with Crippen molar-refractivity contribution in [3.05, 3.63) is 11.3 Å². The summed E-state index contributed by atoms with van der Waals surface area (Å²) in [4.78, 5) is 2.40. The zero-order valence-electron chi connectivity index (χ0n) is 12.9. The van der Waals surface area contributed by atoms with Gasteiger partial charge in [-0.05, 0) is 38.6 Å². The molecule has 108 valence electrons. The van der Waals surface area contributed by atoms with Gasteiger partial charge in [-0.15, -0.1) is 0 Å². The third kappa shape index (κ3) is 3.30. The highest BCUT2D eigenvalue weighted by atomic mass is 15.4. The molecular formula is C15H28N4. The molecule has 0 atom stereocenters. The Kier molecular flexibility index (Phi) is 4.86. The minimum absolute atomic E-state index is 0.886. The molecule has 1 heterocycles. The average molecular weight is 264 g/mol. The number of aromatic nitrogens is 2. The van der Waals surface area contributed by atoms with Gasteiger partial charge in [0.25, 0.3) is 0 Å². The summed E-state index contributed by atoms with van der Waals surface area (Å²) < 4.78 is 2.04. The van der Waals surface area contributed by atoms with Gasteiger partial charge in [0.2, 0.25) is 0 Å². The lowest BCUT2D eigenvalue weighted by Gasteiger charge is -2.31. The van der Waals surface area contributed by atoms with Crippen molar-refractivity contribution in [2.24, 2.45) is 13.0 Å². The van der Waals surface area contributed by atoms with Gasteiger partial charge in [0, 0.05) is 32.7 Å². The second kappa shape index (κ2) is 6.42. The van der Waals surface area contributed by atoms with Crippen molar-refractivity contribution >= 4 is 5.82 Å². The van der Waals surface area contributed by atoms with Crippen LogP contribution in [0, 0.1) is 12.8 Å². The van der Waals surface area contributed by atoms with Gasteiger partial charge in [0.15, 0.2) is 0 Å². The van der Waals surface area contributed by atoms with Crippen LogP contribution in [0.2, 0.25) is 0 Å². The Morgan fingerprint density at radius 2 is 2.16 bits per heavy atom. The van der Waals surface area contributed by atoms with E-state index in [-0.39, 0.29) is 0 Å². The van der Waals surface area contributed by atoms with Crippen molar-refractivity contribution in [1.29, 1.82) is 0 Å². The quantitative estimate of drug-likeness (QED) is 0.768. The maximum atomic E-state index is 4.60. The first-order valence-electron chi connectivity index (χ1n) is 7.57. The van der Waals surface area contributed by atoms with Gasteiger partial charge in [0.1, 0.15) is 5.82 Å². The van der Waals surface area contributed by atoms with Crippen molar-refractivity contribution in [3.63, 3.8) is 0 Å². The molecule has 4 heteroatoms. The minimum Gasteiger partial charge on any atom is -0.359 e. The fourth-order valence-corrected chi connectivity index (χ4v) is 2.91. The number of nitrogens with zero attached hydrogens (tertiary/aromatic N) is 3. The van der Waals surface area contributed by atoms with Crippen molar-refractivity contribution in [2.75, 3.05) is 25.0 Å². The zero-order chi connectivity index (χ0) is 13.8. The topological polar surface area (TPSA) is 33.1 Å². The molecular weight excluding hydrogens is 236 g/mol. The molecule has 0 aromatic carbocycles. The van der Waals surface area contributed by atoms with Gasteiger partial charge >= 0.3 is 0 Å². The Morgan fingerprint density at radius 1 is 1.42 bits per heavy atom. The predicted octanol–water partition coefficient (Wildman–Crippen LogP) is 2.46. The van der Waals surface area contributed by atoms with Crippen LogP contribution in [0.3, 0.4) is 0 Å².